The van der Waals surface area contributed by atoms with Crippen molar-refractivity contribution >= 4 is 32.7 Å². The third-order valence-corrected chi connectivity index (χ3v) is 9.06. The first-order valence-corrected chi connectivity index (χ1v) is 16.0. The molecule has 0 saturated carbocycles. The van der Waals surface area contributed by atoms with Gasteiger partial charge < -0.3 is 4.42 Å². The topological polar surface area (TPSA) is 51.8 Å². The Balaban J connectivity index is 1.22. The highest BCUT2D eigenvalue weighted by atomic mass is 16.3. The number of benzene rings is 6. The quantitative estimate of drug-likeness (QED) is 0.196. The van der Waals surface area contributed by atoms with Crippen LogP contribution < -0.4 is 0 Å². The largest absolute Gasteiger partial charge is 0.456 e. The predicted molar refractivity (Wildman–Crippen MR) is 192 cm³/mol. The highest BCUT2D eigenvalue weighted by Crippen LogP contribution is 2.42. The molecule has 0 fully saturated rings. The van der Waals surface area contributed by atoms with Crippen molar-refractivity contribution < 1.29 is 4.42 Å². The lowest BCUT2D eigenvalue weighted by molar-refractivity contribution is 0.669. The van der Waals surface area contributed by atoms with Crippen LogP contribution in [0.5, 0.6) is 0 Å². The maximum atomic E-state index is 6.47. The fourth-order valence-corrected chi connectivity index (χ4v) is 6.76. The van der Waals surface area contributed by atoms with E-state index >= 15 is 0 Å². The SMILES string of the molecule is C1=CCC(c2nc(-c3ccccc3)nc(-c3ccc(-c4cccc5oc6cc(-c7ccccc7)ccc6c45)c4ccccc34)n2)C=C1. The zero-order chi connectivity index (χ0) is 31.2. The summed E-state index contributed by atoms with van der Waals surface area (Å²) in [7, 11) is 0. The first kappa shape index (κ1) is 27.2. The van der Waals surface area contributed by atoms with Gasteiger partial charge in [0, 0.05) is 27.8 Å². The van der Waals surface area contributed by atoms with Gasteiger partial charge in [-0.05, 0) is 63.7 Å². The smallest absolute Gasteiger partial charge is 0.164 e. The van der Waals surface area contributed by atoms with Gasteiger partial charge in [-0.25, -0.2) is 15.0 Å². The molecule has 1 aliphatic carbocycles. The van der Waals surface area contributed by atoms with Gasteiger partial charge in [-0.2, -0.15) is 0 Å². The van der Waals surface area contributed by atoms with Gasteiger partial charge in [0.15, 0.2) is 11.6 Å². The summed E-state index contributed by atoms with van der Waals surface area (Å²) in [6.45, 7) is 0. The zero-order valence-electron chi connectivity index (χ0n) is 25.5. The molecule has 9 rings (SSSR count). The molecule has 2 heterocycles. The van der Waals surface area contributed by atoms with Crippen LogP contribution in [0.1, 0.15) is 18.2 Å². The van der Waals surface area contributed by atoms with E-state index in [1.54, 1.807) is 0 Å². The Hall–Kier alpha value is -6.13. The number of nitrogens with zero attached hydrogens (tertiary/aromatic N) is 3. The number of aromatic nitrogens is 3. The van der Waals surface area contributed by atoms with E-state index < -0.39 is 0 Å². The maximum Gasteiger partial charge on any atom is 0.164 e. The van der Waals surface area contributed by atoms with Crippen LogP contribution in [0.15, 0.2) is 162 Å². The standard InChI is InChI=1S/C43H29N3O/c1-4-13-28(14-5-1)31-23-24-37-39(27-31)47-38-22-12-21-35(40(37)38)34-25-26-36(33-20-11-10-19-32(33)34)43-45-41(29-15-6-2-7-16-29)44-42(46-43)30-17-8-3-9-18-30/h1-17,19-27,30H,18H2. The van der Waals surface area contributed by atoms with E-state index in [0.29, 0.717) is 11.6 Å². The maximum absolute atomic E-state index is 6.47. The summed E-state index contributed by atoms with van der Waals surface area (Å²) >= 11 is 0. The van der Waals surface area contributed by atoms with Gasteiger partial charge in [0.2, 0.25) is 0 Å². The molecule has 0 spiro atoms. The second-order valence-electron chi connectivity index (χ2n) is 11.9. The second kappa shape index (κ2) is 11.3. The molecule has 47 heavy (non-hydrogen) atoms. The lowest BCUT2D eigenvalue weighted by Gasteiger charge is -2.16. The van der Waals surface area contributed by atoms with Crippen molar-refractivity contribution in [2.75, 3.05) is 0 Å². The Bertz CT molecular complexity index is 2490. The molecular formula is C43H29N3O. The van der Waals surface area contributed by atoms with E-state index in [1.165, 1.54) is 5.56 Å². The normalized spacial score (nSPS) is 14.3. The minimum atomic E-state index is 0.101. The van der Waals surface area contributed by atoms with Gasteiger partial charge in [0.1, 0.15) is 17.0 Å². The Morgan fingerprint density at radius 1 is 0.489 bits per heavy atom. The molecular weight excluding hydrogens is 574 g/mol. The van der Waals surface area contributed by atoms with Crippen LogP contribution >= 0.6 is 0 Å². The number of hydrogen-bond donors (Lipinski definition) is 0. The summed E-state index contributed by atoms with van der Waals surface area (Å²) in [6.07, 6.45) is 9.36. The van der Waals surface area contributed by atoms with Crippen molar-refractivity contribution in [2.45, 2.75) is 12.3 Å². The van der Waals surface area contributed by atoms with Crippen molar-refractivity contribution in [3.05, 3.63) is 164 Å². The fraction of sp³-hybridized carbons (Fsp3) is 0.0465. The van der Waals surface area contributed by atoms with Crippen LogP contribution in [0.25, 0.3) is 77.7 Å². The van der Waals surface area contributed by atoms with Crippen LogP contribution in [0.3, 0.4) is 0 Å². The highest BCUT2D eigenvalue weighted by molar-refractivity contribution is 6.16. The van der Waals surface area contributed by atoms with Gasteiger partial charge in [-0.15, -0.1) is 0 Å². The second-order valence-corrected chi connectivity index (χ2v) is 11.9. The molecule has 0 radical (unpaired) electrons. The molecule has 0 bridgehead atoms. The van der Waals surface area contributed by atoms with Crippen molar-refractivity contribution in [1.82, 2.24) is 15.0 Å². The Morgan fingerprint density at radius 2 is 1.21 bits per heavy atom. The fourth-order valence-electron chi connectivity index (χ4n) is 6.76. The van der Waals surface area contributed by atoms with E-state index in [9.17, 15) is 0 Å². The summed E-state index contributed by atoms with van der Waals surface area (Å²) in [4.78, 5) is 15.1. The van der Waals surface area contributed by atoms with Gasteiger partial charge in [-0.3, -0.25) is 0 Å². The molecule has 0 saturated heterocycles. The Labute approximate surface area is 272 Å². The number of allylic oxidation sites excluding steroid dienone is 4. The van der Waals surface area contributed by atoms with Crippen molar-refractivity contribution in [1.29, 1.82) is 0 Å². The molecule has 1 aliphatic rings. The molecule has 6 aromatic carbocycles. The molecule has 1 unspecified atom stereocenters. The lowest BCUT2D eigenvalue weighted by Crippen LogP contribution is -2.08. The molecule has 222 valence electrons. The number of fused-ring (bicyclic) bond motifs is 4. The monoisotopic (exact) mass is 603 g/mol. The van der Waals surface area contributed by atoms with Crippen LogP contribution in [-0.2, 0) is 0 Å². The average molecular weight is 604 g/mol. The minimum absolute atomic E-state index is 0.101. The number of rotatable bonds is 5. The molecule has 4 heteroatoms. The Morgan fingerprint density at radius 3 is 2.00 bits per heavy atom. The zero-order valence-corrected chi connectivity index (χ0v) is 25.5. The van der Waals surface area contributed by atoms with Crippen molar-refractivity contribution in [2.24, 2.45) is 0 Å². The molecule has 2 aromatic heterocycles. The number of furan rings is 1. The summed E-state index contributed by atoms with van der Waals surface area (Å²) in [5.74, 6) is 2.25. The van der Waals surface area contributed by atoms with E-state index in [2.05, 4.69) is 133 Å². The summed E-state index contributed by atoms with van der Waals surface area (Å²) in [5, 5.41) is 4.45. The summed E-state index contributed by atoms with van der Waals surface area (Å²) < 4.78 is 6.47. The first-order valence-electron chi connectivity index (χ1n) is 16.0. The molecule has 0 N–H and O–H groups in total. The van der Waals surface area contributed by atoms with E-state index in [1.807, 2.05) is 24.3 Å². The first-order chi connectivity index (χ1) is 23.3. The molecule has 0 aliphatic heterocycles. The van der Waals surface area contributed by atoms with Gasteiger partial charge in [0.25, 0.3) is 0 Å². The van der Waals surface area contributed by atoms with Crippen LogP contribution in [0.2, 0.25) is 0 Å². The lowest BCUT2D eigenvalue weighted by atomic mass is 9.92. The van der Waals surface area contributed by atoms with Crippen LogP contribution in [0, 0.1) is 0 Å². The minimum Gasteiger partial charge on any atom is -0.456 e. The third-order valence-electron chi connectivity index (χ3n) is 9.06. The Kier molecular flexibility index (Phi) is 6.57. The average Bonchev–Trinajstić information content (AvgIpc) is 3.54. The number of hydrogen-bond acceptors (Lipinski definition) is 4. The summed E-state index contributed by atoms with van der Waals surface area (Å²) in [6, 6.07) is 46.4. The van der Waals surface area contributed by atoms with Gasteiger partial charge in [0.05, 0.1) is 0 Å². The molecule has 8 aromatic rings. The van der Waals surface area contributed by atoms with E-state index in [4.69, 9.17) is 19.4 Å². The summed E-state index contributed by atoms with van der Waals surface area (Å²) in [5.41, 5.74) is 8.30. The molecule has 1 atom stereocenters. The van der Waals surface area contributed by atoms with Gasteiger partial charge >= 0.3 is 0 Å². The van der Waals surface area contributed by atoms with Crippen LogP contribution in [0.4, 0.5) is 0 Å². The van der Waals surface area contributed by atoms with Crippen LogP contribution in [-0.4, -0.2) is 15.0 Å². The highest BCUT2D eigenvalue weighted by Gasteiger charge is 2.20. The third kappa shape index (κ3) is 4.82. The molecule has 0 amide bonds. The van der Waals surface area contributed by atoms with Crippen molar-refractivity contribution in [3.63, 3.8) is 0 Å². The van der Waals surface area contributed by atoms with Gasteiger partial charge in [-0.1, -0.05) is 133 Å². The molecule has 4 nitrogen and oxygen atoms in total. The van der Waals surface area contributed by atoms with E-state index in [-0.39, 0.29) is 5.92 Å². The predicted octanol–water partition coefficient (Wildman–Crippen LogP) is 11.2. The van der Waals surface area contributed by atoms with Crippen molar-refractivity contribution in [3.8, 4) is 45.0 Å². The van der Waals surface area contributed by atoms with E-state index in [0.717, 1.165) is 72.8 Å².